The summed E-state index contributed by atoms with van der Waals surface area (Å²) in [7, 11) is 0. The number of carboxylic acid groups (broad SMARTS) is 1. The summed E-state index contributed by atoms with van der Waals surface area (Å²) < 4.78 is 0. The summed E-state index contributed by atoms with van der Waals surface area (Å²) in [4.78, 5) is 25.9. The van der Waals surface area contributed by atoms with Crippen LogP contribution < -0.4 is 5.32 Å². The van der Waals surface area contributed by atoms with Crippen molar-refractivity contribution in [3.63, 3.8) is 0 Å². The first-order valence-electron chi connectivity index (χ1n) is 8.68. The molecule has 0 saturated carbocycles. The van der Waals surface area contributed by atoms with Gasteiger partial charge in [0.2, 0.25) is 5.91 Å². The summed E-state index contributed by atoms with van der Waals surface area (Å²) in [5.41, 5.74) is 3.05. The SMILES string of the molecule is Cc1cccc(C(C)C)c1NC(=O)C(C)N1CCCC(C(=O)O)C1. The molecule has 0 aromatic heterocycles. The first-order valence-corrected chi connectivity index (χ1v) is 8.68. The van der Waals surface area contributed by atoms with Gasteiger partial charge in [0.05, 0.1) is 12.0 Å². The van der Waals surface area contributed by atoms with E-state index in [1.165, 1.54) is 0 Å². The molecule has 132 valence electrons. The predicted molar refractivity (Wildman–Crippen MR) is 95.3 cm³/mol. The number of likely N-dealkylation sites (tertiary alicyclic amines) is 1. The van der Waals surface area contributed by atoms with E-state index in [0.29, 0.717) is 18.9 Å². The van der Waals surface area contributed by atoms with Crippen molar-refractivity contribution < 1.29 is 14.7 Å². The van der Waals surface area contributed by atoms with Crippen LogP contribution in [0.2, 0.25) is 0 Å². The molecule has 0 radical (unpaired) electrons. The molecule has 2 unspecified atom stereocenters. The Hall–Kier alpha value is -1.88. The summed E-state index contributed by atoms with van der Waals surface area (Å²) in [5.74, 6) is -0.897. The number of benzene rings is 1. The lowest BCUT2D eigenvalue weighted by Gasteiger charge is -2.34. The number of aliphatic carboxylic acids is 1. The maximum atomic E-state index is 12.7. The smallest absolute Gasteiger partial charge is 0.307 e. The van der Waals surface area contributed by atoms with E-state index >= 15 is 0 Å². The number of hydrogen-bond acceptors (Lipinski definition) is 3. The molecule has 1 amide bonds. The molecule has 0 bridgehead atoms. The topological polar surface area (TPSA) is 69.6 Å². The summed E-state index contributed by atoms with van der Waals surface area (Å²) in [5, 5.41) is 12.3. The summed E-state index contributed by atoms with van der Waals surface area (Å²) in [6.45, 7) is 9.27. The standard InChI is InChI=1S/C19H28N2O3/c1-12(2)16-9-5-7-13(3)17(16)20-18(22)14(4)21-10-6-8-15(11-21)19(23)24/h5,7,9,12,14-15H,6,8,10-11H2,1-4H3,(H,20,22)(H,23,24). The number of anilines is 1. The van der Waals surface area contributed by atoms with E-state index in [4.69, 9.17) is 0 Å². The van der Waals surface area contributed by atoms with Gasteiger partial charge in [-0.1, -0.05) is 32.0 Å². The molecule has 2 atom stereocenters. The highest BCUT2D eigenvalue weighted by atomic mass is 16.4. The van der Waals surface area contributed by atoms with Crippen molar-refractivity contribution in [1.29, 1.82) is 0 Å². The van der Waals surface area contributed by atoms with Crippen LogP contribution in [0.1, 0.15) is 50.7 Å². The van der Waals surface area contributed by atoms with Crippen molar-refractivity contribution in [3.05, 3.63) is 29.3 Å². The Morgan fingerprint density at radius 3 is 2.62 bits per heavy atom. The average molecular weight is 332 g/mol. The maximum Gasteiger partial charge on any atom is 0.307 e. The van der Waals surface area contributed by atoms with Crippen molar-refractivity contribution in [2.45, 2.75) is 52.5 Å². The van der Waals surface area contributed by atoms with Crippen LogP contribution in [0.15, 0.2) is 18.2 Å². The predicted octanol–water partition coefficient (Wildman–Crippen LogP) is 3.24. The van der Waals surface area contributed by atoms with Crippen molar-refractivity contribution >= 4 is 17.6 Å². The Kier molecular flexibility index (Phi) is 5.99. The van der Waals surface area contributed by atoms with E-state index in [1.54, 1.807) is 0 Å². The quantitative estimate of drug-likeness (QED) is 0.868. The second-order valence-corrected chi connectivity index (χ2v) is 7.03. The van der Waals surface area contributed by atoms with Gasteiger partial charge in [0.1, 0.15) is 0 Å². The fraction of sp³-hybridized carbons (Fsp3) is 0.579. The van der Waals surface area contributed by atoms with Crippen LogP contribution in [0.3, 0.4) is 0 Å². The molecular weight excluding hydrogens is 304 g/mol. The Labute approximate surface area is 144 Å². The van der Waals surface area contributed by atoms with Gasteiger partial charge in [0, 0.05) is 12.2 Å². The average Bonchev–Trinajstić information content (AvgIpc) is 2.55. The van der Waals surface area contributed by atoms with Gasteiger partial charge in [-0.25, -0.2) is 0 Å². The van der Waals surface area contributed by atoms with Gasteiger partial charge in [-0.2, -0.15) is 0 Å². The number of nitrogens with one attached hydrogen (secondary N) is 1. The third-order valence-corrected chi connectivity index (χ3v) is 4.90. The van der Waals surface area contributed by atoms with E-state index in [2.05, 4.69) is 19.2 Å². The second-order valence-electron chi connectivity index (χ2n) is 7.03. The number of amides is 1. The zero-order valence-electron chi connectivity index (χ0n) is 15.0. The fourth-order valence-corrected chi connectivity index (χ4v) is 3.30. The molecule has 0 aliphatic carbocycles. The van der Waals surface area contributed by atoms with Crippen LogP contribution >= 0.6 is 0 Å². The molecular formula is C19H28N2O3. The first-order chi connectivity index (χ1) is 11.3. The van der Waals surface area contributed by atoms with Gasteiger partial charge in [-0.05, 0) is 50.3 Å². The number of rotatable bonds is 5. The van der Waals surface area contributed by atoms with Crippen molar-refractivity contribution in [3.8, 4) is 0 Å². The molecule has 1 heterocycles. The number of carbonyl (C=O) groups is 2. The van der Waals surface area contributed by atoms with Crippen LogP contribution in [0.4, 0.5) is 5.69 Å². The van der Waals surface area contributed by atoms with E-state index in [9.17, 15) is 14.7 Å². The lowest BCUT2D eigenvalue weighted by Crippen LogP contribution is -2.48. The normalized spacial score (nSPS) is 20.0. The molecule has 1 saturated heterocycles. The lowest BCUT2D eigenvalue weighted by atomic mass is 9.96. The molecule has 0 spiro atoms. The largest absolute Gasteiger partial charge is 0.481 e. The van der Waals surface area contributed by atoms with E-state index in [0.717, 1.165) is 29.8 Å². The molecule has 2 rings (SSSR count). The van der Waals surface area contributed by atoms with E-state index in [-0.39, 0.29) is 17.9 Å². The number of piperidine rings is 1. The molecule has 5 heteroatoms. The van der Waals surface area contributed by atoms with Crippen molar-refractivity contribution in [2.75, 3.05) is 18.4 Å². The Bertz CT molecular complexity index is 613. The molecule has 1 aliphatic heterocycles. The third kappa shape index (κ3) is 4.15. The minimum Gasteiger partial charge on any atom is -0.481 e. The number of carboxylic acids is 1. The van der Waals surface area contributed by atoms with Crippen LogP contribution in [-0.2, 0) is 9.59 Å². The van der Waals surface area contributed by atoms with E-state index in [1.807, 2.05) is 36.9 Å². The van der Waals surface area contributed by atoms with Crippen LogP contribution in [0.5, 0.6) is 0 Å². The van der Waals surface area contributed by atoms with E-state index < -0.39 is 5.97 Å². The number of hydrogen-bond donors (Lipinski definition) is 2. The minimum atomic E-state index is -0.770. The molecule has 1 aromatic rings. The Morgan fingerprint density at radius 1 is 1.29 bits per heavy atom. The Morgan fingerprint density at radius 2 is 2.00 bits per heavy atom. The molecule has 2 N–H and O–H groups in total. The molecule has 24 heavy (non-hydrogen) atoms. The number of aryl methyl sites for hydroxylation is 1. The summed E-state index contributed by atoms with van der Waals surface area (Å²) in [6.07, 6.45) is 1.51. The van der Waals surface area contributed by atoms with Crippen molar-refractivity contribution in [2.24, 2.45) is 5.92 Å². The Balaban J connectivity index is 2.11. The zero-order chi connectivity index (χ0) is 17.9. The highest BCUT2D eigenvalue weighted by Gasteiger charge is 2.31. The molecule has 1 aromatic carbocycles. The van der Waals surface area contributed by atoms with Gasteiger partial charge in [0.15, 0.2) is 0 Å². The molecule has 1 fully saturated rings. The van der Waals surface area contributed by atoms with Crippen LogP contribution in [0, 0.1) is 12.8 Å². The highest BCUT2D eigenvalue weighted by molar-refractivity contribution is 5.96. The monoisotopic (exact) mass is 332 g/mol. The minimum absolute atomic E-state index is 0.0720. The second kappa shape index (κ2) is 7.79. The third-order valence-electron chi connectivity index (χ3n) is 4.90. The molecule has 5 nitrogen and oxygen atoms in total. The lowest BCUT2D eigenvalue weighted by molar-refractivity contribution is -0.144. The van der Waals surface area contributed by atoms with Crippen molar-refractivity contribution in [1.82, 2.24) is 4.90 Å². The molecule has 1 aliphatic rings. The maximum absolute atomic E-state index is 12.7. The summed E-state index contributed by atoms with van der Waals surface area (Å²) >= 11 is 0. The van der Waals surface area contributed by atoms with Gasteiger partial charge in [-0.15, -0.1) is 0 Å². The van der Waals surface area contributed by atoms with Gasteiger partial charge in [-0.3, -0.25) is 14.5 Å². The van der Waals surface area contributed by atoms with Gasteiger partial charge >= 0.3 is 5.97 Å². The van der Waals surface area contributed by atoms with Crippen LogP contribution in [0.25, 0.3) is 0 Å². The zero-order valence-corrected chi connectivity index (χ0v) is 15.0. The fourth-order valence-electron chi connectivity index (χ4n) is 3.30. The van der Waals surface area contributed by atoms with Gasteiger partial charge in [0.25, 0.3) is 0 Å². The summed E-state index contributed by atoms with van der Waals surface area (Å²) in [6, 6.07) is 5.70. The number of nitrogens with zero attached hydrogens (tertiary/aromatic N) is 1. The first kappa shape index (κ1) is 18.5. The number of para-hydroxylation sites is 1. The van der Waals surface area contributed by atoms with Crippen LogP contribution in [-0.4, -0.2) is 41.0 Å². The number of carbonyl (C=O) groups excluding carboxylic acids is 1. The highest BCUT2D eigenvalue weighted by Crippen LogP contribution is 2.28. The van der Waals surface area contributed by atoms with Gasteiger partial charge < -0.3 is 10.4 Å².